The molecule has 5 nitrogen and oxygen atoms in total. The van der Waals surface area contributed by atoms with Gasteiger partial charge in [0.1, 0.15) is 10.9 Å². The SMILES string of the molecule is COC(=O)CC(B1OC(C)(C)C(C)(C)O1)c1ccc(C#N)s1. The average Bonchev–Trinajstić information content (AvgIpc) is 2.98. The molecule has 1 unspecified atom stereocenters. The molecule has 1 aliphatic rings. The molecule has 22 heavy (non-hydrogen) atoms. The molecule has 0 saturated carbocycles. The van der Waals surface area contributed by atoms with Gasteiger partial charge in [-0.25, -0.2) is 0 Å². The molecule has 1 fully saturated rings. The summed E-state index contributed by atoms with van der Waals surface area (Å²) in [5.41, 5.74) is -0.942. The monoisotopic (exact) mass is 321 g/mol. The smallest absolute Gasteiger partial charge is 0.467 e. The Balaban J connectivity index is 2.30. The number of esters is 1. The van der Waals surface area contributed by atoms with Crippen LogP contribution >= 0.6 is 11.3 Å². The molecule has 118 valence electrons. The third-order valence-electron chi connectivity index (χ3n) is 4.32. The Morgan fingerprint density at radius 1 is 1.36 bits per heavy atom. The molecule has 1 aromatic rings. The predicted molar refractivity (Wildman–Crippen MR) is 84.5 cm³/mol. The zero-order chi connectivity index (χ0) is 16.5. The van der Waals surface area contributed by atoms with Crippen LogP contribution in [0.15, 0.2) is 12.1 Å². The minimum absolute atomic E-state index is 0.151. The normalized spacial score (nSPS) is 20.5. The number of carbonyl (C=O) groups is 1. The molecular formula is C15H20BNO4S. The third kappa shape index (κ3) is 3.19. The van der Waals surface area contributed by atoms with E-state index in [1.54, 1.807) is 6.07 Å². The largest absolute Gasteiger partial charge is 0.469 e. The predicted octanol–water partition coefficient (Wildman–Crippen LogP) is 2.90. The van der Waals surface area contributed by atoms with Crippen molar-refractivity contribution < 1.29 is 18.8 Å². The third-order valence-corrected chi connectivity index (χ3v) is 5.44. The van der Waals surface area contributed by atoms with Gasteiger partial charge in [0.05, 0.1) is 24.7 Å². The van der Waals surface area contributed by atoms with Crippen LogP contribution in [0.2, 0.25) is 0 Å². The van der Waals surface area contributed by atoms with Crippen LogP contribution in [-0.2, 0) is 18.8 Å². The number of nitriles is 1. The van der Waals surface area contributed by atoms with E-state index in [-0.39, 0.29) is 18.2 Å². The highest BCUT2D eigenvalue weighted by Gasteiger charge is 2.54. The van der Waals surface area contributed by atoms with Gasteiger partial charge in [0.15, 0.2) is 0 Å². The molecule has 7 heteroatoms. The van der Waals surface area contributed by atoms with Crippen molar-refractivity contribution in [3.05, 3.63) is 21.9 Å². The van der Waals surface area contributed by atoms with Crippen molar-refractivity contribution in [3.8, 4) is 6.07 Å². The van der Waals surface area contributed by atoms with Crippen molar-refractivity contribution >= 4 is 24.4 Å². The molecular weight excluding hydrogens is 301 g/mol. The molecule has 0 N–H and O–H groups in total. The van der Waals surface area contributed by atoms with Crippen LogP contribution in [0.3, 0.4) is 0 Å². The lowest BCUT2D eigenvalue weighted by Gasteiger charge is -2.32. The Labute approximate surface area is 135 Å². The lowest BCUT2D eigenvalue weighted by molar-refractivity contribution is -0.140. The van der Waals surface area contributed by atoms with Crippen molar-refractivity contribution in [1.29, 1.82) is 5.26 Å². The van der Waals surface area contributed by atoms with E-state index in [1.165, 1.54) is 18.4 Å². The molecule has 0 radical (unpaired) electrons. The maximum Gasteiger partial charge on any atom is 0.467 e. The number of ether oxygens (including phenoxy) is 1. The van der Waals surface area contributed by atoms with Crippen LogP contribution in [-0.4, -0.2) is 31.4 Å². The zero-order valence-corrected chi connectivity index (χ0v) is 14.3. The maximum absolute atomic E-state index is 11.8. The first-order valence-corrected chi connectivity index (χ1v) is 7.94. The molecule has 2 heterocycles. The van der Waals surface area contributed by atoms with Crippen LogP contribution in [0.1, 0.15) is 49.7 Å². The number of thiophene rings is 1. The van der Waals surface area contributed by atoms with E-state index in [4.69, 9.17) is 19.3 Å². The Hall–Kier alpha value is -1.36. The van der Waals surface area contributed by atoms with E-state index in [0.29, 0.717) is 4.88 Å². The van der Waals surface area contributed by atoms with Gasteiger partial charge in [-0.05, 0) is 39.8 Å². The van der Waals surface area contributed by atoms with Crippen LogP contribution < -0.4 is 0 Å². The van der Waals surface area contributed by atoms with Crippen LogP contribution in [0.4, 0.5) is 0 Å². The standard InChI is InChI=1S/C15H20BNO4S/c1-14(2)15(3,4)21-16(20-14)11(8-13(18)19-5)12-7-6-10(9-17)22-12/h6-7,11H,8H2,1-5H3. The zero-order valence-electron chi connectivity index (χ0n) is 13.5. The van der Waals surface area contributed by atoms with Crippen molar-refractivity contribution in [3.63, 3.8) is 0 Å². The summed E-state index contributed by atoms with van der Waals surface area (Å²) in [6.45, 7) is 7.88. The highest BCUT2D eigenvalue weighted by atomic mass is 32.1. The number of carbonyl (C=O) groups excluding carboxylic acids is 1. The number of rotatable bonds is 4. The summed E-state index contributed by atoms with van der Waals surface area (Å²) in [5, 5.41) is 9.00. The lowest BCUT2D eigenvalue weighted by atomic mass is 9.69. The summed E-state index contributed by atoms with van der Waals surface area (Å²) in [6.07, 6.45) is 0.151. The Morgan fingerprint density at radius 3 is 2.41 bits per heavy atom. The summed E-state index contributed by atoms with van der Waals surface area (Å²) >= 11 is 1.35. The molecule has 1 aromatic heterocycles. The first-order valence-electron chi connectivity index (χ1n) is 7.12. The highest BCUT2D eigenvalue weighted by molar-refractivity contribution is 7.13. The van der Waals surface area contributed by atoms with Gasteiger partial charge in [0, 0.05) is 10.7 Å². The minimum Gasteiger partial charge on any atom is -0.469 e. The molecule has 1 aliphatic heterocycles. The van der Waals surface area contributed by atoms with Gasteiger partial charge >= 0.3 is 13.1 Å². The van der Waals surface area contributed by atoms with E-state index < -0.39 is 18.3 Å². The minimum atomic E-state index is -0.547. The second-order valence-corrected chi connectivity index (χ2v) is 7.44. The number of methoxy groups -OCH3 is 1. The fourth-order valence-corrected chi connectivity index (χ4v) is 3.18. The van der Waals surface area contributed by atoms with Crippen LogP contribution in [0.25, 0.3) is 0 Å². The number of hydrogen-bond donors (Lipinski definition) is 0. The Morgan fingerprint density at radius 2 is 1.95 bits per heavy atom. The van der Waals surface area contributed by atoms with Crippen LogP contribution in [0.5, 0.6) is 0 Å². The fourth-order valence-electron chi connectivity index (χ4n) is 2.26. The molecule has 0 bridgehead atoms. The average molecular weight is 321 g/mol. The molecule has 2 rings (SSSR count). The van der Waals surface area contributed by atoms with Crippen molar-refractivity contribution in [2.45, 2.75) is 51.1 Å². The first-order chi connectivity index (χ1) is 10.2. The summed E-state index contributed by atoms with van der Waals surface area (Å²) in [5.74, 6) is -0.618. The molecule has 1 saturated heterocycles. The second-order valence-electron chi connectivity index (χ2n) is 6.33. The van der Waals surface area contributed by atoms with Gasteiger partial charge in [0.25, 0.3) is 0 Å². The topological polar surface area (TPSA) is 68.6 Å². The number of nitrogens with zero attached hydrogens (tertiary/aromatic N) is 1. The van der Waals surface area contributed by atoms with Gasteiger partial charge in [-0.1, -0.05) is 0 Å². The van der Waals surface area contributed by atoms with Gasteiger partial charge < -0.3 is 14.0 Å². The first kappa shape index (κ1) is 17.0. The van der Waals surface area contributed by atoms with Crippen molar-refractivity contribution in [2.75, 3.05) is 7.11 Å². The van der Waals surface area contributed by atoms with E-state index in [2.05, 4.69) is 6.07 Å². The molecule has 0 amide bonds. The van der Waals surface area contributed by atoms with Crippen molar-refractivity contribution in [2.24, 2.45) is 0 Å². The second kappa shape index (κ2) is 6.03. The summed E-state index contributed by atoms with van der Waals surface area (Å²) in [4.78, 5) is 13.2. The Bertz CT molecular complexity index is 589. The highest BCUT2D eigenvalue weighted by Crippen LogP contribution is 2.42. The van der Waals surface area contributed by atoms with E-state index in [0.717, 1.165) is 4.88 Å². The molecule has 0 aromatic carbocycles. The fraction of sp³-hybridized carbons (Fsp3) is 0.600. The molecule has 0 spiro atoms. The summed E-state index contributed by atoms with van der Waals surface area (Å²) in [7, 11) is 0.813. The quantitative estimate of drug-likeness (QED) is 0.630. The van der Waals surface area contributed by atoms with E-state index in [9.17, 15) is 4.79 Å². The van der Waals surface area contributed by atoms with Gasteiger partial charge in [-0.15, -0.1) is 11.3 Å². The van der Waals surface area contributed by atoms with E-state index in [1.807, 2.05) is 33.8 Å². The van der Waals surface area contributed by atoms with E-state index >= 15 is 0 Å². The molecule has 0 aliphatic carbocycles. The maximum atomic E-state index is 11.8. The number of hydrogen-bond acceptors (Lipinski definition) is 6. The van der Waals surface area contributed by atoms with Gasteiger partial charge in [-0.2, -0.15) is 5.26 Å². The van der Waals surface area contributed by atoms with Crippen LogP contribution in [0, 0.1) is 11.3 Å². The van der Waals surface area contributed by atoms with Gasteiger partial charge in [-0.3, -0.25) is 4.79 Å². The van der Waals surface area contributed by atoms with Crippen molar-refractivity contribution in [1.82, 2.24) is 0 Å². The Kier molecular flexibility index (Phi) is 4.66. The van der Waals surface area contributed by atoms with Gasteiger partial charge in [0.2, 0.25) is 0 Å². The summed E-state index contributed by atoms with van der Waals surface area (Å²) < 4.78 is 16.9. The summed E-state index contributed by atoms with van der Waals surface area (Å²) in [6, 6.07) is 5.71. The lowest BCUT2D eigenvalue weighted by Crippen LogP contribution is -2.41. The molecule has 1 atom stereocenters.